The summed E-state index contributed by atoms with van der Waals surface area (Å²) < 4.78 is 0. The molecule has 0 spiro atoms. The topological polar surface area (TPSA) is 67.3 Å². The van der Waals surface area contributed by atoms with Crippen LogP contribution < -0.4 is 0 Å². The molecule has 0 amide bonds. The van der Waals surface area contributed by atoms with E-state index < -0.39 is 11.9 Å². The Kier molecular flexibility index (Phi) is 3.97. The Balaban J connectivity index is 2.78. The molecule has 1 atom stereocenters. The highest BCUT2D eigenvalue weighted by Gasteiger charge is 2.21. The number of carboxylic acids is 1. The second-order valence-corrected chi connectivity index (χ2v) is 3.28. The molecule has 1 aromatic heterocycles. The Bertz CT molecular complexity index is 348. The Labute approximate surface area is 88.0 Å². The highest BCUT2D eigenvalue weighted by Crippen LogP contribution is 2.14. The van der Waals surface area contributed by atoms with Crippen LogP contribution in [0.15, 0.2) is 24.4 Å². The van der Waals surface area contributed by atoms with E-state index in [9.17, 15) is 9.59 Å². The van der Waals surface area contributed by atoms with Gasteiger partial charge in [-0.3, -0.25) is 14.6 Å². The molecule has 0 fully saturated rings. The van der Waals surface area contributed by atoms with Crippen LogP contribution in [0, 0.1) is 5.92 Å². The van der Waals surface area contributed by atoms with Gasteiger partial charge in [-0.1, -0.05) is 13.0 Å². The van der Waals surface area contributed by atoms with Crippen molar-refractivity contribution in [2.45, 2.75) is 19.8 Å². The first-order chi connectivity index (χ1) is 7.15. The van der Waals surface area contributed by atoms with Crippen molar-refractivity contribution in [3.8, 4) is 0 Å². The molecule has 1 aromatic rings. The molecule has 0 aliphatic carbocycles. The van der Waals surface area contributed by atoms with Crippen LogP contribution in [0.2, 0.25) is 0 Å². The number of aliphatic carboxylic acids is 1. The molecule has 0 aliphatic rings. The van der Waals surface area contributed by atoms with E-state index in [0.717, 1.165) is 0 Å². The summed E-state index contributed by atoms with van der Waals surface area (Å²) >= 11 is 0. The zero-order chi connectivity index (χ0) is 11.3. The Morgan fingerprint density at radius 1 is 1.47 bits per heavy atom. The van der Waals surface area contributed by atoms with E-state index in [0.29, 0.717) is 12.1 Å². The highest BCUT2D eigenvalue weighted by molar-refractivity contribution is 5.97. The minimum Gasteiger partial charge on any atom is -0.481 e. The van der Waals surface area contributed by atoms with Crippen molar-refractivity contribution in [1.82, 2.24) is 4.98 Å². The normalized spacial score (nSPS) is 12.1. The first-order valence-electron chi connectivity index (χ1n) is 4.82. The Morgan fingerprint density at radius 3 is 2.67 bits per heavy atom. The van der Waals surface area contributed by atoms with E-state index in [-0.39, 0.29) is 12.2 Å². The van der Waals surface area contributed by atoms with E-state index in [1.165, 1.54) is 6.20 Å². The Hall–Kier alpha value is -1.71. The van der Waals surface area contributed by atoms with Crippen molar-refractivity contribution < 1.29 is 14.7 Å². The zero-order valence-corrected chi connectivity index (χ0v) is 8.51. The summed E-state index contributed by atoms with van der Waals surface area (Å²) in [5.41, 5.74) is 0.339. The van der Waals surface area contributed by atoms with Crippen molar-refractivity contribution in [3.05, 3.63) is 30.1 Å². The van der Waals surface area contributed by atoms with Gasteiger partial charge in [0.2, 0.25) is 0 Å². The average Bonchev–Trinajstić information content (AvgIpc) is 2.26. The number of carboxylic acid groups (broad SMARTS) is 1. The molecular weight excluding hydrogens is 194 g/mol. The molecule has 1 N–H and O–H groups in total. The summed E-state index contributed by atoms with van der Waals surface area (Å²) in [4.78, 5) is 26.2. The lowest BCUT2D eigenvalue weighted by atomic mass is 9.95. The van der Waals surface area contributed by atoms with Crippen molar-refractivity contribution in [1.29, 1.82) is 0 Å². The first-order valence-corrected chi connectivity index (χ1v) is 4.82. The van der Waals surface area contributed by atoms with E-state index >= 15 is 0 Å². The van der Waals surface area contributed by atoms with Crippen molar-refractivity contribution >= 4 is 11.8 Å². The monoisotopic (exact) mass is 207 g/mol. The molecular formula is C11H13NO3. The summed E-state index contributed by atoms with van der Waals surface area (Å²) in [6.45, 7) is 1.80. The number of carbonyl (C=O) groups is 2. The quantitative estimate of drug-likeness (QED) is 0.747. The number of carbonyl (C=O) groups excluding carboxylic acids is 1. The summed E-state index contributed by atoms with van der Waals surface area (Å²) in [7, 11) is 0. The van der Waals surface area contributed by atoms with E-state index in [1.54, 1.807) is 25.1 Å². The SMILES string of the molecule is CCC(CC(=O)O)C(=O)c1ccccn1. The number of ketones is 1. The third-order valence-corrected chi connectivity index (χ3v) is 2.20. The predicted octanol–water partition coefficient (Wildman–Crippen LogP) is 1.77. The van der Waals surface area contributed by atoms with Gasteiger partial charge in [-0.25, -0.2) is 0 Å². The Morgan fingerprint density at radius 2 is 2.20 bits per heavy atom. The molecule has 1 unspecified atom stereocenters. The summed E-state index contributed by atoms with van der Waals surface area (Å²) in [5, 5.41) is 8.64. The molecule has 0 aliphatic heterocycles. The van der Waals surface area contributed by atoms with Gasteiger partial charge in [0, 0.05) is 12.1 Å². The van der Waals surface area contributed by atoms with Crippen LogP contribution in [-0.4, -0.2) is 21.8 Å². The number of pyridine rings is 1. The van der Waals surface area contributed by atoms with Gasteiger partial charge in [0.1, 0.15) is 5.69 Å². The number of nitrogens with zero attached hydrogens (tertiary/aromatic N) is 1. The third kappa shape index (κ3) is 3.16. The lowest BCUT2D eigenvalue weighted by Crippen LogP contribution is -2.18. The molecule has 80 valence electrons. The fourth-order valence-electron chi connectivity index (χ4n) is 1.35. The second kappa shape index (κ2) is 5.24. The molecule has 4 heteroatoms. The van der Waals surface area contributed by atoms with Gasteiger partial charge in [-0.05, 0) is 18.6 Å². The van der Waals surface area contributed by atoms with Gasteiger partial charge in [-0.15, -0.1) is 0 Å². The zero-order valence-electron chi connectivity index (χ0n) is 8.51. The third-order valence-electron chi connectivity index (χ3n) is 2.20. The van der Waals surface area contributed by atoms with E-state index in [4.69, 9.17) is 5.11 Å². The molecule has 0 saturated carbocycles. The van der Waals surface area contributed by atoms with Gasteiger partial charge >= 0.3 is 5.97 Å². The van der Waals surface area contributed by atoms with Crippen LogP contribution in [0.5, 0.6) is 0 Å². The fourth-order valence-corrected chi connectivity index (χ4v) is 1.35. The van der Waals surface area contributed by atoms with Crippen LogP contribution in [-0.2, 0) is 4.79 Å². The fraction of sp³-hybridized carbons (Fsp3) is 0.364. The van der Waals surface area contributed by atoms with Gasteiger partial charge in [0.15, 0.2) is 5.78 Å². The number of aromatic nitrogens is 1. The lowest BCUT2D eigenvalue weighted by Gasteiger charge is -2.09. The van der Waals surface area contributed by atoms with Gasteiger partial charge < -0.3 is 5.11 Å². The number of Topliss-reactive ketones (excluding diaryl/α,β-unsaturated/α-hetero) is 1. The smallest absolute Gasteiger partial charge is 0.304 e. The molecule has 15 heavy (non-hydrogen) atoms. The summed E-state index contributed by atoms with van der Waals surface area (Å²) in [6, 6.07) is 5.04. The van der Waals surface area contributed by atoms with Crippen molar-refractivity contribution in [2.24, 2.45) is 5.92 Å². The number of hydrogen-bond donors (Lipinski definition) is 1. The maximum atomic E-state index is 11.8. The molecule has 0 aromatic carbocycles. The van der Waals surface area contributed by atoms with Gasteiger partial charge in [-0.2, -0.15) is 0 Å². The molecule has 4 nitrogen and oxygen atoms in total. The van der Waals surface area contributed by atoms with Crippen LogP contribution in [0.25, 0.3) is 0 Å². The van der Waals surface area contributed by atoms with Crippen LogP contribution >= 0.6 is 0 Å². The van der Waals surface area contributed by atoms with Gasteiger partial charge in [0.05, 0.1) is 6.42 Å². The number of rotatable bonds is 5. The molecule has 1 rings (SSSR count). The summed E-state index contributed by atoms with van der Waals surface area (Å²) in [5.74, 6) is -1.62. The maximum absolute atomic E-state index is 11.8. The van der Waals surface area contributed by atoms with Crippen LogP contribution in [0.1, 0.15) is 30.3 Å². The molecule has 1 heterocycles. The largest absolute Gasteiger partial charge is 0.481 e. The number of hydrogen-bond acceptors (Lipinski definition) is 3. The minimum atomic E-state index is -0.953. The van der Waals surface area contributed by atoms with Crippen molar-refractivity contribution in [3.63, 3.8) is 0 Å². The maximum Gasteiger partial charge on any atom is 0.304 e. The standard InChI is InChI=1S/C11H13NO3/c1-2-8(7-10(13)14)11(15)9-5-3-4-6-12-9/h3-6,8H,2,7H2,1H3,(H,13,14). The van der Waals surface area contributed by atoms with Gasteiger partial charge in [0.25, 0.3) is 0 Å². The first kappa shape index (κ1) is 11.4. The molecule has 0 bridgehead atoms. The molecule has 0 radical (unpaired) electrons. The average molecular weight is 207 g/mol. The van der Waals surface area contributed by atoms with E-state index in [2.05, 4.69) is 4.98 Å². The summed E-state index contributed by atoms with van der Waals surface area (Å²) in [6.07, 6.45) is 1.91. The molecule has 0 saturated heterocycles. The second-order valence-electron chi connectivity index (χ2n) is 3.28. The van der Waals surface area contributed by atoms with Crippen LogP contribution in [0.4, 0.5) is 0 Å². The lowest BCUT2D eigenvalue weighted by molar-refractivity contribution is -0.137. The highest BCUT2D eigenvalue weighted by atomic mass is 16.4. The predicted molar refractivity (Wildman–Crippen MR) is 54.6 cm³/mol. The van der Waals surface area contributed by atoms with Crippen LogP contribution in [0.3, 0.4) is 0 Å². The minimum absolute atomic E-state index is 0.133. The van der Waals surface area contributed by atoms with E-state index in [1.807, 2.05) is 0 Å². The van der Waals surface area contributed by atoms with Crippen molar-refractivity contribution in [2.75, 3.05) is 0 Å².